The van der Waals surface area contributed by atoms with Gasteiger partial charge in [-0.2, -0.15) is 0 Å². The Balaban J connectivity index is 2.39. The van der Waals surface area contributed by atoms with Gasteiger partial charge in [-0.05, 0) is 18.6 Å². The minimum absolute atomic E-state index is 0.358. The van der Waals surface area contributed by atoms with Crippen molar-refractivity contribution in [1.82, 2.24) is 5.32 Å². The molecule has 1 unspecified atom stereocenters. The van der Waals surface area contributed by atoms with Gasteiger partial charge in [0.1, 0.15) is 5.75 Å². The van der Waals surface area contributed by atoms with Crippen molar-refractivity contribution in [2.24, 2.45) is 0 Å². The number of hydrogen-bond acceptors (Lipinski definition) is 4. The first-order chi connectivity index (χ1) is 9.97. The second-order valence-corrected chi connectivity index (χ2v) is 5.78. The Kier molecular flexibility index (Phi) is 7.24. The molecule has 0 aliphatic heterocycles. The van der Waals surface area contributed by atoms with Crippen molar-refractivity contribution >= 4 is 28.5 Å². The molecule has 7 nitrogen and oxygen atoms in total. The summed E-state index contributed by atoms with van der Waals surface area (Å²) >= 11 is 0. The molecule has 0 heterocycles. The molecule has 0 aliphatic rings. The van der Waals surface area contributed by atoms with Crippen LogP contribution in [0.4, 0.5) is 10.5 Å². The largest absolute Gasteiger partial charge is 0.482 e. The maximum absolute atomic E-state index is 11.6. The average molecular weight is 314 g/mol. The Morgan fingerprint density at radius 3 is 2.81 bits per heavy atom. The fourth-order valence-electron chi connectivity index (χ4n) is 1.46. The van der Waals surface area contributed by atoms with E-state index >= 15 is 0 Å². The van der Waals surface area contributed by atoms with Crippen LogP contribution in [0.3, 0.4) is 0 Å². The van der Waals surface area contributed by atoms with Gasteiger partial charge < -0.3 is 20.5 Å². The van der Waals surface area contributed by atoms with E-state index < -0.39 is 23.4 Å². The number of carboxylic acids is 1. The highest BCUT2D eigenvalue weighted by molar-refractivity contribution is 7.84. The number of carbonyl (C=O) groups is 2. The first-order valence-electron chi connectivity index (χ1n) is 6.27. The number of carboxylic acid groups (broad SMARTS) is 1. The lowest BCUT2D eigenvalue weighted by Gasteiger charge is -2.09. The van der Waals surface area contributed by atoms with E-state index in [9.17, 15) is 13.8 Å². The highest BCUT2D eigenvalue weighted by atomic mass is 32.2. The van der Waals surface area contributed by atoms with E-state index in [0.717, 1.165) is 0 Å². The van der Waals surface area contributed by atoms with Crippen molar-refractivity contribution in [1.29, 1.82) is 0 Å². The molecular formula is C13H18N2O5S. The lowest BCUT2D eigenvalue weighted by Crippen LogP contribution is -2.30. The number of aliphatic carboxylic acids is 1. The summed E-state index contributed by atoms with van der Waals surface area (Å²) in [5.41, 5.74) is 0.495. The molecule has 8 heteroatoms. The molecule has 3 N–H and O–H groups in total. The number of urea groups is 1. The highest BCUT2D eigenvalue weighted by Crippen LogP contribution is 2.17. The Bertz CT molecular complexity index is 521. The molecule has 0 spiro atoms. The molecule has 1 atom stereocenters. The van der Waals surface area contributed by atoms with Gasteiger partial charge in [0, 0.05) is 41.1 Å². The second kappa shape index (κ2) is 8.96. The second-order valence-electron chi connectivity index (χ2n) is 4.22. The maximum atomic E-state index is 11.6. The third-order valence-corrected chi connectivity index (χ3v) is 3.21. The van der Waals surface area contributed by atoms with Crippen LogP contribution in [0.1, 0.15) is 6.42 Å². The SMILES string of the molecule is CS(=O)CCCNC(=O)Nc1cccc(OCC(=O)O)c1. The molecule has 1 aromatic rings. The molecule has 116 valence electrons. The molecule has 0 fully saturated rings. The third-order valence-electron chi connectivity index (χ3n) is 2.35. The van der Waals surface area contributed by atoms with Gasteiger partial charge in [0.25, 0.3) is 0 Å². The Labute approximate surface area is 125 Å². The lowest BCUT2D eigenvalue weighted by molar-refractivity contribution is -0.139. The van der Waals surface area contributed by atoms with Crippen LogP contribution in [0, 0.1) is 0 Å². The van der Waals surface area contributed by atoms with E-state index in [2.05, 4.69) is 10.6 Å². The summed E-state index contributed by atoms with van der Waals surface area (Å²) in [6, 6.07) is 6.06. The van der Waals surface area contributed by atoms with Crippen molar-refractivity contribution in [3.63, 3.8) is 0 Å². The van der Waals surface area contributed by atoms with Gasteiger partial charge in [-0.25, -0.2) is 9.59 Å². The van der Waals surface area contributed by atoms with Gasteiger partial charge in [0.15, 0.2) is 6.61 Å². The molecule has 0 radical (unpaired) electrons. The number of ether oxygens (including phenoxy) is 1. The number of rotatable bonds is 8. The fraction of sp³-hybridized carbons (Fsp3) is 0.385. The zero-order valence-corrected chi connectivity index (χ0v) is 12.4. The highest BCUT2D eigenvalue weighted by Gasteiger charge is 2.04. The smallest absolute Gasteiger partial charge is 0.341 e. The van der Waals surface area contributed by atoms with Crippen LogP contribution >= 0.6 is 0 Å². The van der Waals surface area contributed by atoms with Crippen molar-refractivity contribution in [2.75, 3.05) is 30.5 Å². The van der Waals surface area contributed by atoms with E-state index in [1.54, 1.807) is 24.5 Å². The van der Waals surface area contributed by atoms with E-state index in [1.165, 1.54) is 6.07 Å². The number of nitrogens with one attached hydrogen (secondary N) is 2. The van der Waals surface area contributed by atoms with Gasteiger partial charge in [-0.15, -0.1) is 0 Å². The molecule has 2 amide bonds. The first kappa shape index (κ1) is 17.0. The molecule has 0 saturated heterocycles. The molecule has 0 aromatic heterocycles. The summed E-state index contributed by atoms with van der Waals surface area (Å²) in [5.74, 6) is -0.172. The Morgan fingerprint density at radius 2 is 2.14 bits per heavy atom. The third kappa shape index (κ3) is 7.93. The summed E-state index contributed by atoms with van der Waals surface area (Å²) in [5, 5.41) is 13.8. The molecule has 0 saturated carbocycles. The molecule has 1 aromatic carbocycles. The summed E-state index contributed by atoms with van der Waals surface area (Å²) in [7, 11) is -0.864. The van der Waals surface area contributed by atoms with Crippen LogP contribution in [-0.4, -0.2) is 46.5 Å². The summed E-state index contributed by atoms with van der Waals surface area (Å²) < 4.78 is 15.9. The number of amides is 2. The monoisotopic (exact) mass is 314 g/mol. The van der Waals surface area contributed by atoms with Crippen LogP contribution in [0.2, 0.25) is 0 Å². The van der Waals surface area contributed by atoms with Crippen LogP contribution in [0.15, 0.2) is 24.3 Å². The van der Waals surface area contributed by atoms with Crippen LogP contribution in [0.25, 0.3) is 0 Å². The Hall–Kier alpha value is -2.09. The zero-order chi connectivity index (χ0) is 15.7. The van der Waals surface area contributed by atoms with Gasteiger partial charge in [0.05, 0.1) is 0 Å². The normalized spacial score (nSPS) is 11.5. The van der Waals surface area contributed by atoms with E-state index in [-0.39, 0.29) is 6.03 Å². The maximum Gasteiger partial charge on any atom is 0.341 e. The van der Waals surface area contributed by atoms with Crippen LogP contribution in [0.5, 0.6) is 5.75 Å². The molecule has 0 aliphatic carbocycles. The number of benzene rings is 1. The number of carbonyl (C=O) groups excluding carboxylic acids is 1. The Morgan fingerprint density at radius 1 is 1.38 bits per heavy atom. The van der Waals surface area contributed by atoms with Gasteiger partial charge in [-0.1, -0.05) is 6.07 Å². The minimum atomic E-state index is -1.07. The summed E-state index contributed by atoms with van der Waals surface area (Å²) in [4.78, 5) is 22.0. The van der Waals surface area contributed by atoms with Crippen molar-refractivity contribution in [3.05, 3.63) is 24.3 Å². The average Bonchev–Trinajstić information content (AvgIpc) is 2.41. The van der Waals surface area contributed by atoms with E-state index in [0.29, 0.717) is 30.2 Å². The molecule has 1 rings (SSSR count). The van der Waals surface area contributed by atoms with Gasteiger partial charge in [0.2, 0.25) is 0 Å². The number of anilines is 1. The number of hydrogen-bond donors (Lipinski definition) is 3. The van der Waals surface area contributed by atoms with Crippen LogP contribution < -0.4 is 15.4 Å². The van der Waals surface area contributed by atoms with Crippen molar-refractivity contribution in [2.45, 2.75) is 6.42 Å². The topological polar surface area (TPSA) is 105 Å². The first-order valence-corrected chi connectivity index (χ1v) is 7.99. The zero-order valence-electron chi connectivity index (χ0n) is 11.6. The summed E-state index contributed by atoms with van der Waals surface area (Å²) in [6.07, 6.45) is 2.25. The lowest BCUT2D eigenvalue weighted by atomic mass is 10.3. The quantitative estimate of drug-likeness (QED) is 0.622. The molecular weight excluding hydrogens is 296 g/mol. The fourth-order valence-corrected chi connectivity index (χ4v) is 2.01. The van der Waals surface area contributed by atoms with Crippen LogP contribution in [-0.2, 0) is 15.6 Å². The van der Waals surface area contributed by atoms with Gasteiger partial charge in [-0.3, -0.25) is 4.21 Å². The summed E-state index contributed by atoms with van der Waals surface area (Å²) in [6.45, 7) is -0.00950. The molecule has 0 bridgehead atoms. The van der Waals surface area contributed by atoms with E-state index in [1.807, 2.05) is 0 Å². The predicted octanol–water partition coefficient (Wildman–Crippen LogP) is 1.04. The minimum Gasteiger partial charge on any atom is -0.482 e. The van der Waals surface area contributed by atoms with Crippen molar-refractivity contribution in [3.8, 4) is 5.75 Å². The van der Waals surface area contributed by atoms with E-state index in [4.69, 9.17) is 9.84 Å². The van der Waals surface area contributed by atoms with Gasteiger partial charge >= 0.3 is 12.0 Å². The van der Waals surface area contributed by atoms with Crippen molar-refractivity contribution < 1.29 is 23.6 Å². The standard InChI is InChI=1S/C13H18N2O5S/c1-21(19)7-3-6-14-13(18)15-10-4-2-5-11(8-10)20-9-12(16)17/h2,4-5,8H,3,6-7,9H2,1H3,(H,16,17)(H2,14,15,18). The predicted molar refractivity (Wildman–Crippen MR) is 80.1 cm³/mol. The molecule has 21 heavy (non-hydrogen) atoms.